The molecule has 13 nitrogen and oxygen atoms in total. The number of piperidine rings is 1. The molecule has 5 heterocycles. The molecular weight excluding hydrogens is 731 g/mol. The molecule has 0 unspecified atom stereocenters. The number of hydrogen-bond acceptors (Lipinski definition) is 9. The number of pyridine rings is 1. The van der Waals surface area contributed by atoms with E-state index in [9.17, 15) is 37.5 Å². The molecule has 0 radical (unpaired) electrons. The van der Waals surface area contributed by atoms with E-state index in [0.717, 1.165) is 28.8 Å². The second kappa shape index (κ2) is 14.9. The third kappa shape index (κ3) is 7.44. The molecule has 4 aliphatic heterocycles. The zero-order chi connectivity index (χ0) is 39.1. The summed E-state index contributed by atoms with van der Waals surface area (Å²) < 4.78 is 46.3. The SMILES string of the molecule is C=C1N(CC(=O)Nc2ccc(C(F)(F)F)cc2Cl)C2=C(C(=O)N1/N=C(\C)C1=CCN(C(C)=O)CCC1)C1(CCN(C(=O)c3ncccc3O)CC1)O[C@@H]2C. The predicted octanol–water partition coefficient (Wildman–Crippen LogP) is 5.31. The van der Waals surface area contributed by atoms with E-state index in [0.29, 0.717) is 37.3 Å². The van der Waals surface area contributed by atoms with Crippen LogP contribution in [0.15, 0.2) is 76.9 Å². The summed E-state index contributed by atoms with van der Waals surface area (Å²) in [5, 5.41) is 18.3. The van der Waals surface area contributed by atoms with Crippen molar-refractivity contribution < 1.29 is 42.2 Å². The highest BCUT2D eigenvalue weighted by atomic mass is 35.5. The lowest BCUT2D eigenvalue weighted by Crippen LogP contribution is -2.52. The number of hydrazone groups is 1. The van der Waals surface area contributed by atoms with Crippen LogP contribution >= 0.6 is 11.6 Å². The highest BCUT2D eigenvalue weighted by Crippen LogP contribution is 2.49. The highest BCUT2D eigenvalue weighted by Gasteiger charge is 2.56. The summed E-state index contributed by atoms with van der Waals surface area (Å²) in [6.07, 6.45) is -0.394. The molecule has 2 N–H and O–H groups in total. The molecular formula is C37H39ClF3N7O6. The Morgan fingerprint density at radius 3 is 2.52 bits per heavy atom. The Morgan fingerprint density at radius 1 is 1.15 bits per heavy atom. The number of carbonyl (C=O) groups is 4. The van der Waals surface area contributed by atoms with Gasteiger partial charge < -0.3 is 29.9 Å². The number of halogens is 4. The second-order valence-electron chi connectivity index (χ2n) is 13.5. The van der Waals surface area contributed by atoms with Crippen LogP contribution in [0.2, 0.25) is 5.02 Å². The van der Waals surface area contributed by atoms with Crippen molar-refractivity contribution in [2.75, 3.05) is 38.0 Å². The number of aromatic nitrogens is 1. The molecule has 17 heteroatoms. The number of allylic oxidation sites excluding steroid dienone is 1. The molecule has 0 saturated carbocycles. The van der Waals surface area contributed by atoms with Gasteiger partial charge in [0.15, 0.2) is 5.69 Å². The molecule has 4 amide bonds. The van der Waals surface area contributed by atoms with Crippen molar-refractivity contribution in [1.29, 1.82) is 0 Å². The van der Waals surface area contributed by atoms with Crippen LogP contribution < -0.4 is 5.32 Å². The fraction of sp³-hybridized carbons (Fsp3) is 0.405. The van der Waals surface area contributed by atoms with Gasteiger partial charge in [0.1, 0.15) is 23.7 Å². The number of nitrogens with one attached hydrogen (secondary N) is 1. The first-order valence-corrected chi connectivity index (χ1v) is 17.7. The van der Waals surface area contributed by atoms with E-state index < -0.39 is 47.7 Å². The third-order valence-corrected chi connectivity index (χ3v) is 10.4. The van der Waals surface area contributed by atoms with Gasteiger partial charge in [-0.05, 0) is 75.4 Å². The number of likely N-dealkylation sites (tertiary alicyclic amines) is 1. The van der Waals surface area contributed by atoms with Gasteiger partial charge in [-0.25, -0.2) is 4.98 Å². The molecule has 1 fully saturated rings. The maximum Gasteiger partial charge on any atom is 0.416 e. The van der Waals surface area contributed by atoms with Crippen molar-refractivity contribution in [1.82, 2.24) is 24.7 Å². The van der Waals surface area contributed by atoms with E-state index in [1.165, 1.54) is 35.1 Å². The Morgan fingerprint density at radius 2 is 1.87 bits per heavy atom. The number of ether oxygens (including phenoxy) is 1. The van der Waals surface area contributed by atoms with E-state index in [2.05, 4.69) is 16.9 Å². The summed E-state index contributed by atoms with van der Waals surface area (Å²) in [5.41, 5.74) is -0.369. The first-order valence-electron chi connectivity index (χ1n) is 17.3. The van der Waals surface area contributed by atoms with E-state index in [4.69, 9.17) is 21.4 Å². The van der Waals surface area contributed by atoms with Crippen LogP contribution in [0.4, 0.5) is 18.9 Å². The molecule has 0 bridgehead atoms. The standard InChI is InChI=1S/C37H39ClF3N7O6/c1-21(25-7-6-15-45(16-11-25)24(4)49)44-48-23(3)47(20-30(51)43-28-10-9-26(19-27(28)38)37(39,40)41)33-22(2)54-36(31(33)34(48)52)12-17-46(18-13-36)35(53)32-29(50)8-5-14-42-32/h5,8-11,14,19,22,50H,3,6-7,12-13,15-18,20H2,1-2,4H3,(H,43,51)/b44-21+/t22-/m1/s1. The number of amides is 4. The maximum atomic E-state index is 14.6. The van der Waals surface area contributed by atoms with Gasteiger partial charge in [0, 0.05) is 39.3 Å². The van der Waals surface area contributed by atoms with Gasteiger partial charge in [0.05, 0.1) is 39.4 Å². The van der Waals surface area contributed by atoms with Crippen molar-refractivity contribution >= 4 is 46.6 Å². The molecule has 1 aromatic heterocycles. The number of rotatable bonds is 6. The molecule has 0 aliphatic carbocycles. The van der Waals surface area contributed by atoms with Gasteiger partial charge in [-0.2, -0.15) is 23.3 Å². The molecule has 1 aromatic carbocycles. The first-order chi connectivity index (χ1) is 25.5. The summed E-state index contributed by atoms with van der Waals surface area (Å²) in [6.45, 7) is 9.94. The number of alkyl halides is 3. The fourth-order valence-corrected chi connectivity index (χ4v) is 7.51. The number of nitrogens with zero attached hydrogens (tertiary/aromatic N) is 6. The number of fused-ring (bicyclic) bond motifs is 1. The van der Waals surface area contributed by atoms with Crippen LogP contribution in [0.1, 0.15) is 62.5 Å². The average Bonchev–Trinajstić information content (AvgIpc) is 3.24. The zero-order valence-corrected chi connectivity index (χ0v) is 30.6. The average molecular weight is 770 g/mol. The lowest BCUT2D eigenvalue weighted by molar-refractivity contribution is -0.137. The van der Waals surface area contributed by atoms with Gasteiger partial charge in [-0.15, -0.1) is 0 Å². The zero-order valence-electron chi connectivity index (χ0n) is 29.9. The Hall–Kier alpha value is -5.22. The largest absolute Gasteiger partial charge is 0.505 e. The molecule has 4 aliphatic rings. The van der Waals surface area contributed by atoms with Gasteiger partial charge in [-0.3, -0.25) is 19.2 Å². The van der Waals surface area contributed by atoms with Gasteiger partial charge in [0.2, 0.25) is 11.8 Å². The predicted molar refractivity (Wildman–Crippen MR) is 192 cm³/mol. The number of anilines is 1. The molecule has 1 atom stereocenters. The number of aromatic hydroxyl groups is 1. The third-order valence-electron chi connectivity index (χ3n) is 10.1. The smallest absolute Gasteiger partial charge is 0.416 e. The lowest BCUT2D eigenvalue weighted by atomic mass is 9.82. The Kier molecular flexibility index (Phi) is 10.6. The van der Waals surface area contributed by atoms with Crippen LogP contribution in [0.5, 0.6) is 5.75 Å². The molecule has 6 rings (SSSR count). The van der Waals surface area contributed by atoms with Crippen molar-refractivity contribution in [3.05, 3.63) is 88.1 Å². The summed E-state index contributed by atoms with van der Waals surface area (Å²) in [4.78, 5) is 62.3. The summed E-state index contributed by atoms with van der Waals surface area (Å²) >= 11 is 6.14. The minimum atomic E-state index is -4.63. The summed E-state index contributed by atoms with van der Waals surface area (Å²) in [7, 11) is 0. The number of carbonyl (C=O) groups excluding carboxylic acids is 4. The lowest BCUT2D eigenvalue weighted by Gasteiger charge is -2.42. The minimum Gasteiger partial charge on any atom is -0.505 e. The second-order valence-corrected chi connectivity index (χ2v) is 13.9. The molecule has 54 heavy (non-hydrogen) atoms. The highest BCUT2D eigenvalue weighted by molar-refractivity contribution is 6.33. The molecule has 1 saturated heterocycles. The van der Waals surface area contributed by atoms with Crippen LogP contribution in [-0.4, -0.2) is 104 Å². The van der Waals surface area contributed by atoms with Gasteiger partial charge in [-0.1, -0.05) is 24.3 Å². The molecule has 2 aromatic rings. The fourth-order valence-electron chi connectivity index (χ4n) is 7.28. The molecule has 286 valence electrons. The van der Waals surface area contributed by atoms with Crippen molar-refractivity contribution in [2.24, 2.45) is 5.10 Å². The van der Waals surface area contributed by atoms with Crippen LogP contribution in [0.3, 0.4) is 0 Å². The quantitative estimate of drug-likeness (QED) is 0.376. The van der Waals surface area contributed by atoms with Crippen LogP contribution in [-0.2, 0) is 25.3 Å². The van der Waals surface area contributed by atoms with Gasteiger partial charge >= 0.3 is 6.18 Å². The van der Waals surface area contributed by atoms with Crippen LogP contribution in [0.25, 0.3) is 0 Å². The van der Waals surface area contributed by atoms with Crippen molar-refractivity contribution in [3.63, 3.8) is 0 Å². The molecule has 1 spiro atoms. The van der Waals surface area contributed by atoms with E-state index in [1.54, 1.807) is 18.7 Å². The summed E-state index contributed by atoms with van der Waals surface area (Å²) in [5.74, 6) is -1.95. The Labute approximate surface area is 314 Å². The van der Waals surface area contributed by atoms with E-state index in [-0.39, 0.29) is 65.4 Å². The summed E-state index contributed by atoms with van der Waals surface area (Å²) in [6, 6.07) is 5.47. The Balaban J connectivity index is 1.33. The number of benzene rings is 1. The van der Waals surface area contributed by atoms with Crippen molar-refractivity contribution in [2.45, 2.75) is 64.3 Å². The topological polar surface area (TPSA) is 148 Å². The van der Waals surface area contributed by atoms with E-state index >= 15 is 0 Å². The van der Waals surface area contributed by atoms with E-state index in [1.807, 2.05) is 6.08 Å². The maximum absolute atomic E-state index is 14.6. The van der Waals surface area contributed by atoms with Crippen molar-refractivity contribution in [3.8, 4) is 5.75 Å². The first kappa shape index (κ1) is 38.5. The van der Waals surface area contributed by atoms with Crippen LogP contribution in [0, 0.1) is 0 Å². The Bertz CT molecular complexity index is 2010. The van der Waals surface area contributed by atoms with Gasteiger partial charge in [0.25, 0.3) is 11.8 Å². The normalized spacial score (nSPS) is 20.6. The number of hydrogen-bond donors (Lipinski definition) is 2. The minimum absolute atomic E-state index is 0.0390. The monoisotopic (exact) mass is 769 g/mol.